The molecule has 1 saturated heterocycles. The second-order valence-electron chi connectivity index (χ2n) is 11.1. The first-order chi connectivity index (χ1) is 19.9. The Kier molecular flexibility index (Phi) is 9.19. The molecule has 0 unspecified atom stereocenters. The number of hydrogen-bond acceptors (Lipinski definition) is 6. The summed E-state index contributed by atoms with van der Waals surface area (Å²) in [6, 6.07) is 20.6. The van der Waals surface area contributed by atoms with Crippen molar-refractivity contribution in [2.24, 2.45) is 0 Å². The number of carbonyl (C=O) groups excluding carboxylic acids is 2. The van der Waals surface area contributed by atoms with Crippen molar-refractivity contribution in [3.8, 4) is 5.75 Å². The van der Waals surface area contributed by atoms with E-state index in [9.17, 15) is 9.59 Å². The lowest BCUT2D eigenvalue weighted by Crippen LogP contribution is -2.45. The summed E-state index contributed by atoms with van der Waals surface area (Å²) in [6.07, 6.45) is 7.04. The van der Waals surface area contributed by atoms with Crippen LogP contribution >= 0.6 is 0 Å². The fourth-order valence-corrected chi connectivity index (χ4v) is 6.31. The second kappa shape index (κ2) is 13.2. The number of pyridine rings is 1. The Morgan fingerprint density at radius 1 is 0.976 bits per heavy atom. The molecule has 2 aliphatic rings. The van der Waals surface area contributed by atoms with Gasteiger partial charge < -0.3 is 19.4 Å². The number of carbonyl (C=O) groups is 2. The molecular formula is C33H41N5O3. The van der Waals surface area contributed by atoms with Crippen molar-refractivity contribution in [1.29, 1.82) is 0 Å². The van der Waals surface area contributed by atoms with Gasteiger partial charge in [0.05, 0.1) is 12.8 Å². The molecule has 0 spiro atoms. The monoisotopic (exact) mass is 555 g/mol. The van der Waals surface area contributed by atoms with Crippen LogP contribution in [-0.4, -0.2) is 72.5 Å². The Labute approximate surface area is 243 Å². The van der Waals surface area contributed by atoms with Gasteiger partial charge in [0, 0.05) is 83.3 Å². The van der Waals surface area contributed by atoms with Crippen molar-refractivity contribution in [1.82, 2.24) is 14.8 Å². The Balaban J connectivity index is 1.42. The average molecular weight is 556 g/mol. The predicted molar refractivity (Wildman–Crippen MR) is 162 cm³/mol. The van der Waals surface area contributed by atoms with Crippen LogP contribution in [-0.2, 0) is 22.7 Å². The molecular weight excluding hydrogens is 514 g/mol. The lowest BCUT2D eigenvalue weighted by atomic mass is 10.1. The van der Waals surface area contributed by atoms with E-state index in [-0.39, 0.29) is 17.9 Å². The van der Waals surface area contributed by atoms with E-state index in [1.807, 2.05) is 71.7 Å². The standard InChI is InChI=1S/C33H41N5O3/c1-25(39)37-21-16-28-12-13-29(38(28)22-26-14-18-34-19-15-26)24-36(23-27-8-4-5-9-30(27)37)33(40)17-20-35(2)31-10-6-7-11-32(31)41-3/h4-11,14-15,18-19,28-29H,12-13,16-17,20-24H2,1-3H3/t28-,29+/m1/s1. The van der Waals surface area contributed by atoms with Crippen molar-refractivity contribution in [3.05, 3.63) is 84.2 Å². The van der Waals surface area contributed by atoms with Crippen LogP contribution in [0.2, 0.25) is 0 Å². The molecule has 216 valence electrons. The van der Waals surface area contributed by atoms with E-state index in [2.05, 4.69) is 33.0 Å². The van der Waals surface area contributed by atoms with Gasteiger partial charge in [0.2, 0.25) is 11.8 Å². The molecule has 8 heteroatoms. The van der Waals surface area contributed by atoms with Crippen molar-refractivity contribution in [2.45, 2.75) is 57.8 Å². The Morgan fingerprint density at radius 3 is 2.49 bits per heavy atom. The van der Waals surface area contributed by atoms with Crippen LogP contribution in [0, 0.1) is 0 Å². The molecule has 2 aromatic carbocycles. The number of ether oxygens (including phenoxy) is 1. The van der Waals surface area contributed by atoms with Gasteiger partial charge >= 0.3 is 0 Å². The fraction of sp³-hybridized carbons (Fsp3) is 0.424. The zero-order chi connectivity index (χ0) is 28.8. The molecule has 1 fully saturated rings. The highest BCUT2D eigenvalue weighted by atomic mass is 16.5. The van der Waals surface area contributed by atoms with Gasteiger partial charge in [-0.2, -0.15) is 0 Å². The van der Waals surface area contributed by atoms with Crippen LogP contribution in [0.3, 0.4) is 0 Å². The van der Waals surface area contributed by atoms with Crippen LogP contribution in [0.5, 0.6) is 5.75 Å². The molecule has 0 radical (unpaired) electrons. The van der Waals surface area contributed by atoms with E-state index >= 15 is 0 Å². The third-order valence-electron chi connectivity index (χ3n) is 8.54. The maximum absolute atomic E-state index is 14.0. The SMILES string of the molecule is COc1ccccc1N(C)CCC(=O)N1Cc2ccccc2N(C(C)=O)CC[C@H]2CC[C@@H](C1)N2Cc1ccncc1. The number of aromatic nitrogens is 1. The summed E-state index contributed by atoms with van der Waals surface area (Å²) in [7, 11) is 3.66. The maximum atomic E-state index is 14.0. The number of anilines is 2. The molecule has 0 aliphatic carbocycles. The third kappa shape index (κ3) is 6.70. The van der Waals surface area contributed by atoms with Crippen molar-refractivity contribution < 1.29 is 14.3 Å². The van der Waals surface area contributed by atoms with Crippen molar-refractivity contribution in [3.63, 3.8) is 0 Å². The van der Waals surface area contributed by atoms with E-state index in [1.165, 1.54) is 5.56 Å². The van der Waals surface area contributed by atoms with Crippen LogP contribution in [0.15, 0.2) is 73.1 Å². The van der Waals surface area contributed by atoms with E-state index in [0.717, 1.165) is 48.5 Å². The van der Waals surface area contributed by atoms with Gasteiger partial charge in [0.1, 0.15) is 5.75 Å². The highest BCUT2D eigenvalue weighted by Gasteiger charge is 2.36. The zero-order valence-electron chi connectivity index (χ0n) is 24.4. The Bertz CT molecular complexity index is 1330. The minimum atomic E-state index is 0.0308. The van der Waals surface area contributed by atoms with Crippen molar-refractivity contribution in [2.75, 3.05) is 43.6 Å². The molecule has 3 aromatic rings. The summed E-state index contributed by atoms with van der Waals surface area (Å²) in [4.78, 5) is 39.6. The van der Waals surface area contributed by atoms with Crippen LogP contribution in [0.4, 0.5) is 11.4 Å². The molecule has 2 bridgehead atoms. The molecule has 2 aliphatic heterocycles. The quantitative estimate of drug-likeness (QED) is 0.420. The zero-order valence-corrected chi connectivity index (χ0v) is 24.4. The molecule has 1 aromatic heterocycles. The summed E-state index contributed by atoms with van der Waals surface area (Å²) in [6.45, 7) is 4.82. The second-order valence-corrected chi connectivity index (χ2v) is 11.1. The number of methoxy groups -OCH3 is 1. The number of nitrogens with zero attached hydrogens (tertiary/aromatic N) is 5. The number of hydrogen-bond donors (Lipinski definition) is 0. The van der Waals surface area contributed by atoms with E-state index < -0.39 is 0 Å². The van der Waals surface area contributed by atoms with Crippen LogP contribution in [0.1, 0.15) is 43.7 Å². The number of para-hydroxylation sites is 3. The van der Waals surface area contributed by atoms with Gasteiger partial charge in [0.25, 0.3) is 0 Å². The first kappa shape index (κ1) is 28.6. The lowest BCUT2D eigenvalue weighted by Gasteiger charge is -2.34. The molecule has 2 amide bonds. The lowest BCUT2D eigenvalue weighted by molar-refractivity contribution is -0.132. The predicted octanol–water partition coefficient (Wildman–Crippen LogP) is 4.74. The normalized spacial score (nSPS) is 19.3. The molecule has 0 saturated carbocycles. The Morgan fingerprint density at radius 2 is 1.71 bits per heavy atom. The van der Waals surface area contributed by atoms with E-state index in [0.29, 0.717) is 38.6 Å². The van der Waals surface area contributed by atoms with Gasteiger partial charge in [-0.3, -0.25) is 19.5 Å². The summed E-state index contributed by atoms with van der Waals surface area (Å²) in [5, 5.41) is 0. The third-order valence-corrected chi connectivity index (χ3v) is 8.54. The van der Waals surface area contributed by atoms with Crippen LogP contribution < -0.4 is 14.5 Å². The smallest absolute Gasteiger partial charge is 0.224 e. The number of rotatable bonds is 7. The summed E-state index contributed by atoms with van der Waals surface area (Å²) in [5.74, 6) is 0.936. The Hall–Kier alpha value is -3.91. The van der Waals surface area contributed by atoms with Gasteiger partial charge in [-0.1, -0.05) is 30.3 Å². The fourth-order valence-electron chi connectivity index (χ4n) is 6.31. The minimum Gasteiger partial charge on any atom is -0.495 e. The first-order valence-corrected chi connectivity index (χ1v) is 14.6. The maximum Gasteiger partial charge on any atom is 0.224 e. The summed E-state index contributed by atoms with van der Waals surface area (Å²) < 4.78 is 5.54. The summed E-state index contributed by atoms with van der Waals surface area (Å²) in [5.41, 5.74) is 4.09. The summed E-state index contributed by atoms with van der Waals surface area (Å²) >= 11 is 0. The average Bonchev–Trinajstić information content (AvgIpc) is 3.35. The van der Waals surface area contributed by atoms with Crippen LogP contribution in [0.25, 0.3) is 0 Å². The molecule has 41 heavy (non-hydrogen) atoms. The number of benzene rings is 2. The van der Waals surface area contributed by atoms with E-state index in [4.69, 9.17) is 4.74 Å². The molecule has 5 rings (SSSR count). The van der Waals surface area contributed by atoms with Gasteiger partial charge in [0.15, 0.2) is 0 Å². The minimum absolute atomic E-state index is 0.0308. The van der Waals surface area contributed by atoms with Gasteiger partial charge in [-0.15, -0.1) is 0 Å². The highest BCUT2D eigenvalue weighted by Crippen LogP contribution is 2.33. The molecule has 8 nitrogen and oxygen atoms in total. The topological polar surface area (TPSA) is 69.2 Å². The highest BCUT2D eigenvalue weighted by molar-refractivity contribution is 5.92. The first-order valence-electron chi connectivity index (χ1n) is 14.6. The molecule has 2 atom stereocenters. The number of fused-ring (bicyclic) bond motifs is 3. The van der Waals surface area contributed by atoms with E-state index in [1.54, 1.807) is 14.0 Å². The number of amides is 2. The van der Waals surface area contributed by atoms with Crippen molar-refractivity contribution >= 4 is 23.2 Å². The van der Waals surface area contributed by atoms with Gasteiger partial charge in [-0.05, 0) is 60.7 Å². The van der Waals surface area contributed by atoms with Gasteiger partial charge in [-0.25, -0.2) is 0 Å². The molecule has 0 N–H and O–H groups in total. The molecule has 3 heterocycles. The largest absolute Gasteiger partial charge is 0.495 e.